The van der Waals surface area contributed by atoms with Crippen molar-refractivity contribution in [3.05, 3.63) is 106 Å². The quantitative estimate of drug-likeness (QED) is 0.248. The zero-order valence-corrected chi connectivity index (χ0v) is 23.8. The van der Waals surface area contributed by atoms with Gasteiger partial charge in [-0.3, -0.25) is 19.2 Å². The summed E-state index contributed by atoms with van der Waals surface area (Å²) in [6.07, 6.45) is 7.35. The van der Waals surface area contributed by atoms with E-state index in [-0.39, 0.29) is 29.2 Å². The molecule has 1 aliphatic heterocycles. The van der Waals surface area contributed by atoms with Gasteiger partial charge in [-0.2, -0.15) is 5.10 Å². The number of pyridine rings is 1. The molecule has 0 bridgehead atoms. The number of carbonyl (C=O) groups is 1. The third-order valence-corrected chi connectivity index (χ3v) is 8.37. The fourth-order valence-electron chi connectivity index (χ4n) is 6.07. The Bertz CT molecular complexity index is 1820. The SMILES string of the molecule is C[C@H](c1ccccc1)n1cc(C(=O)Nc2c[nH]c(=O)c(-c3cc4cc(CN5C[C@H](C)OC6(CC6)C5)ccc4[nH]3)c2)cn1. The number of hydrogen-bond acceptors (Lipinski definition) is 5. The second-order valence-electron chi connectivity index (χ2n) is 11.8. The summed E-state index contributed by atoms with van der Waals surface area (Å²) in [5.74, 6) is -0.300. The number of amides is 1. The summed E-state index contributed by atoms with van der Waals surface area (Å²) in [7, 11) is 0. The fourth-order valence-corrected chi connectivity index (χ4v) is 6.07. The highest BCUT2D eigenvalue weighted by atomic mass is 16.5. The van der Waals surface area contributed by atoms with Gasteiger partial charge in [-0.25, -0.2) is 0 Å². The number of anilines is 1. The molecular weight excluding hydrogens is 528 g/mol. The maximum absolute atomic E-state index is 13.0. The lowest BCUT2D eigenvalue weighted by Gasteiger charge is -2.37. The van der Waals surface area contributed by atoms with Gasteiger partial charge in [-0.1, -0.05) is 36.4 Å². The first-order chi connectivity index (χ1) is 20.3. The Morgan fingerprint density at radius 3 is 2.81 bits per heavy atom. The molecule has 3 aromatic heterocycles. The summed E-state index contributed by atoms with van der Waals surface area (Å²) in [6, 6.07) is 20.1. The molecule has 1 aliphatic carbocycles. The van der Waals surface area contributed by atoms with Crippen molar-refractivity contribution >= 4 is 22.5 Å². The van der Waals surface area contributed by atoms with Crippen LogP contribution in [-0.4, -0.2) is 55.4 Å². The van der Waals surface area contributed by atoms with Crippen LogP contribution in [-0.2, 0) is 11.3 Å². The van der Waals surface area contributed by atoms with Gasteiger partial charge in [0.05, 0.1) is 46.5 Å². The number of morpholine rings is 1. The van der Waals surface area contributed by atoms with Gasteiger partial charge in [-0.15, -0.1) is 0 Å². The summed E-state index contributed by atoms with van der Waals surface area (Å²) in [4.78, 5) is 34.5. The number of benzene rings is 2. The summed E-state index contributed by atoms with van der Waals surface area (Å²) >= 11 is 0. The molecule has 0 unspecified atom stereocenters. The van der Waals surface area contributed by atoms with E-state index in [4.69, 9.17) is 4.74 Å². The first-order valence-electron chi connectivity index (χ1n) is 14.5. The highest BCUT2D eigenvalue weighted by Crippen LogP contribution is 2.43. The first-order valence-corrected chi connectivity index (χ1v) is 14.5. The lowest BCUT2D eigenvalue weighted by atomic mass is 10.1. The van der Waals surface area contributed by atoms with Crippen molar-refractivity contribution < 1.29 is 9.53 Å². The van der Waals surface area contributed by atoms with E-state index in [2.05, 4.69) is 50.4 Å². The molecule has 1 saturated heterocycles. The smallest absolute Gasteiger partial charge is 0.258 e. The van der Waals surface area contributed by atoms with Crippen LogP contribution in [0.1, 0.15) is 54.2 Å². The molecule has 214 valence electrons. The van der Waals surface area contributed by atoms with E-state index in [0.29, 0.717) is 22.5 Å². The number of nitrogens with zero attached hydrogens (tertiary/aromatic N) is 3. The molecule has 2 atom stereocenters. The van der Waals surface area contributed by atoms with Crippen LogP contribution < -0.4 is 10.9 Å². The Kier molecular flexibility index (Phi) is 6.56. The van der Waals surface area contributed by atoms with Crippen LogP contribution in [0.3, 0.4) is 0 Å². The van der Waals surface area contributed by atoms with Crippen LogP contribution in [0.25, 0.3) is 22.2 Å². The summed E-state index contributed by atoms with van der Waals surface area (Å²) in [6.45, 7) is 6.97. The lowest BCUT2D eigenvalue weighted by Crippen LogP contribution is -2.47. The van der Waals surface area contributed by atoms with Crippen LogP contribution in [0, 0.1) is 0 Å². The number of aromatic amines is 2. The number of nitrogens with one attached hydrogen (secondary N) is 3. The van der Waals surface area contributed by atoms with Crippen molar-refractivity contribution in [1.82, 2.24) is 24.6 Å². The Morgan fingerprint density at radius 2 is 2.00 bits per heavy atom. The molecule has 0 radical (unpaired) electrons. The molecule has 3 N–H and O–H groups in total. The molecule has 1 saturated carbocycles. The lowest BCUT2D eigenvalue weighted by molar-refractivity contribution is -0.0953. The van der Waals surface area contributed by atoms with Crippen LogP contribution >= 0.6 is 0 Å². The number of fused-ring (bicyclic) bond motifs is 1. The van der Waals surface area contributed by atoms with Gasteiger partial charge in [0, 0.05) is 42.9 Å². The molecule has 9 nitrogen and oxygen atoms in total. The standard InChI is InChI=1S/C33H34N6O3/c1-21-17-38(20-33(42-21)10-11-33)18-23-8-9-29-25(12-23)13-30(37-29)28-14-27(16-34-32(28)41)36-31(40)26-15-35-39(19-26)22(2)24-6-4-3-5-7-24/h3-9,12-16,19,21-22,37H,10-11,17-18,20H2,1-2H3,(H,34,41)(H,36,40)/t21-,22+/m0/s1. The highest BCUT2D eigenvalue weighted by Gasteiger charge is 2.49. The van der Waals surface area contributed by atoms with E-state index in [1.54, 1.807) is 23.1 Å². The van der Waals surface area contributed by atoms with Gasteiger partial charge in [0.2, 0.25) is 0 Å². The number of aromatic nitrogens is 4. The zero-order chi connectivity index (χ0) is 28.8. The summed E-state index contributed by atoms with van der Waals surface area (Å²) in [5.41, 5.74) is 5.21. The van der Waals surface area contributed by atoms with E-state index < -0.39 is 0 Å². The molecule has 4 heterocycles. The topological polar surface area (TPSA) is 108 Å². The summed E-state index contributed by atoms with van der Waals surface area (Å²) < 4.78 is 7.93. The monoisotopic (exact) mass is 562 g/mol. The molecule has 1 amide bonds. The fraction of sp³-hybridized carbons (Fsp3) is 0.303. The molecule has 42 heavy (non-hydrogen) atoms. The molecule has 2 aromatic carbocycles. The number of hydrogen-bond donors (Lipinski definition) is 3. The van der Waals surface area contributed by atoms with Crippen molar-refractivity contribution in [1.29, 1.82) is 0 Å². The minimum Gasteiger partial charge on any atom is -0.369 e. The van der Waals surface area contributed by atoms with Gasteiger partial charge in [0.25, 0.3) is 11.5 Å². The molecule has 2 aliphatic rings. The van der Waals surface area contributed by atoms with Gasteiger partial charge in [-0.05, 0) is 62.1 Å². The molecule has 1 spiro atoms. The molecular formula is C33H34N6O3. The van der Waals surface area contributed by atoms with Gasteiger partial charge in [0.1, 0.15) is 0 Å². The summed E-state index contributed by atoms with van der Waals surface area (Å²) in [5, 5.41) is 8.34. The van der Waals surface area contributed by atoms with E-state index >= 15 is 0 Å². The van der Waals surface area contributed by atoms with Crippen LogP contribution in [0.2, 0.25) is 0 Å². The van der Waals surface area contributed by atoms with Crippen molar-refractivity contribution in [2.75, 3.05) is 18.4 Å². The third kappa shape index (κ3) is 5.29. The van der Waals surface area contributed by atoms with Crippen molar-refractivity contribution in [3.63, 3.8) is 0 Å². The minimum absolute atomic E-state index is 0.0118. The van der Waals surface area contributed by atoms with Gasteiger partial charge < -0.3 is 20.0 Å². The second-order valence-corrected chi connectivity index (χ2v) is 11.8. The number of rotatable bonds is 7. The average Bonchev–Trinajstić information content (AvgIpc) is 3.36. The number of H-pyrrole nitrogens is 2. The van der Waals surface area contributed by atoms with Crippen LogP contribution in [0.5, 0.6) is 0 Å². The van der Waals surface area contributed by atoms with Gasteiger partial charge >= 0.3 is 0 Å². The van der Waals surface area contributed by atoms with Crippen LogP contribution in [0.4, 0.5) is 5.69 Å². The molecule has 5 aromatic rings. The first kappa shape index (κ1) is 26.4. The normalized spacial score (nSPS) is 18.8. The van der Waals surface area contributed by atoms with Crippen molar-refractivity contribution in [3.8, 4) is 11.3 Å². The Balaban J connectivity index is 1.07. The third-order valence-electron chi connectivity index (χ3n) is 8.37. The second kappa shape index (κ2) is 10.4. The van der Waals surface area contributed by atoms with E-state index in [9.17, 15) is 9.59 Å². The molecule has 7 rings (SSSR count). The Morgan fingerprint density at radius 1 is 1.17 bits per heavy atom. The maximum Gasteiger partial charge on any atom is 0.258 e. The van der Waals surface area contributed by atoms with Crippen LogP contribution in [0.15, 0.2) is 84.0 Å². The predicted octanol–water partition coefficient (Wildman–Crippen LogP) is 5.33. The molecule has 2 fully saturated rings. The Labute approximate surface area is 243 Å². The van der Waals surface area contributed by atoms with Crippen molar-refractivity contribution in [2.45, 2.75) is 51.0 Å². The molecule has 9 heteroatoms. The average molecular weight is 563 g/mol. The van der Waals surface area contributed by atoms with E-state index in [1.165, 1.54) is 11.8 Å². The van der Waals surface area contributed by atoms with E-state index in [0.717, 1.165) is 48.9 Å². The maximum atomic E-state index is 13.0. The number of carbonyl (C=O) groups excluding carboxylic acids is 1. The zero-order valence-electron chi connectivity index (χ0n) is 23.8. The largest absolute Gasteiger partial charge is 0.369 e. The van der Waals surface area contributed by atoms with Crippen molar-refractivity contribution in [2.24, 2.45) is 0 Å². The van der Waals surface area contributed by atoms with Gasteiger partial charge in [0.15, 0.2) is 0 Å². The van der Waals surface area contributed by atoms with E-state index in [1.807, 2.05) is 43.3 Å². The Hall–Kier alpha value is -4.47. The predicted molar refractivity (Wildman–Crippen MR) is 163 cm³/mol. The highest BCUT2D eigenvalue weighted by molar-refractivity contribution is 6.04. The number of ether oxygens (including phenoxy) is 1. The minimum atomic E-state index is -0.300.